The van der Waals surface area contributed by atoms with Crippen molar-refractivity contribution in [2.75, 3.05) is 11.9 Å². The van der Waals surface area contributed by atoms with Crippen molar-refractivity contribution in [2.45, 2.75) is 39.2 Å². The molecule has 0 spiro atoms. The van der Waals surface area contributed by atoms with Gasteiger partial charge in [0.2, 0.25) is 0 Å². The van der Waals surface area contributed by atoms with Crippen LogP contribution >= 0.6 is 0 Å². The predicted molar refractivity (Wildman–Crippen MR) is 103 cm³/mol. The summed E-state index contributed by atoms with van der Waals surface area (Å²) in [6.45, 7) is 4.84. The molecule has 1 N–H and O–H groups in total. The highest BCUT2D eigenvalue weighted by Crippen LogP contribution is 2.29. The molecule has 0 aliphatic heterocycles. The third-order valence-electron chi connectivity index (χ3n) is 4.59. The summed E-state index contributed by atoms with van der Waals surface area (Å²) >= 11 is 0. The van der Waals surface area contributed by atoms with Crippen molar-refractivity contribution in [3.63, 3.8) is 0 Å². The maximum Gasteiger partial charge on any atom is 0.255 e. The van der Waals surface area contributed by atoms with E-state index in [2.05, 4.69) is 23.5 Å². The normalized spacial score (nSPS) is 17.0. The van der Waals surface area contributed by atoms with Gasteiger partial charge in [0.05, 0.1) is 6.10 Å². The van der Waals surface area contributed by atoms with Gasteiger partial charge in [0.1, 0.15) is 0 Å². The molecule has 1 unspecified atom stereocenters. The Morgan fingerprint density at radius 1 is 1.12 bits per heavy atom. The molecule has 2 aromatic rings. The van der Waals surface area contributed by atoms with Gasteiger partial charge in [-0.05, 0) is 68.5 Å². The Balaban J connectivity index is 1.62. The zero-order valence-corrected chi connectivity index (χ0v) is 14.9. The number of carbonyl (C=O) groups excluding carboxylic acids is 1. The van der Waals surface area contributed by atoms with Gasteiger partial charge in [-0.2, -0.15) is 0 Å². The topological polar surface area (TPSA) is 38.3 Å². The molecule has 1 aliphatic carbocycles. The zero-order chi connectivity index (χ0) is 17.6. The van der Waals surface area contributed by atoms with E-state index in [1.54, 1.807) is 0 Å². The van der Waals surface area contributed by atoms with E-state index in [9.17, 15) is 4.79 Å². The highest BCUT2D eigenvalue weighted by molar-refractivity contribution is 6.04. The quantitative estimate of drug-likeness (QED) is 0.813. The summed E-state index contributed by atoms with van der Waals surface area (Å²) in [6, 6.07) is 15.7. The summed E-state index contributed by atoms with van der Waals surface area (Å²) in [7, 11) is 0. The number of carbonyl (C=O) groups is 1. The van der Waals surface area contributed by atoms with Gasteiger partial charge < -0.3 is 10.1 Å². The second-order valence-corrected chi connectivity index (χ2v) is 6.48. The second-order valence-electron chi connectivity index (χ2n) is 6.48. The standard InChI is InChI=1S/C22H25NO2/c1-3-25-21-14-10-18(11-15-21)17-8-12-20(13-9-17)23-22(24)19-6-4-16(2)5-7-19/h4-10,12-13,21H,3,11,14-15H2,1-2H3,(H,23,24). The smallest absolute Gasteiger partial charge is 0.255 e. The number of aryl methyl sites for hydroxylation is 1. The van der Waals surface area contributed by atoms with Crippen LogP contribution in [0, 0.1) is 6.92 Å². The fourth-order valence-electron chi connectivity index (χ4n) is 3.14. The number of nitrogens with one attached hydrogen (secondary N) is 1. The largest absolute Gasteiger partial charge is 0.378 e. The van der Waals surface area contributed by atoms with Gasteiger partial charge in [0.15, 0.2) is 0 Å². The molecule has 3 rings (SSSR count). The number of hydrogen-bond donors (Lipinski definition) is 1. The number of hydrogen-bond acceptors (Lipinski definition) is 2. The van der Waals surface area contributed by atoms with Gasteiger partial charge in [-0.3, -0.25) is 4.79 Å². The Morgan fingerprint density at radius 2 is 1.84 bits per heavy atom. The van der Waals surface area contributed by atoms with Gasteiger partial charge in [-0.25, -0.2) is 0 Å². The van der Waals surface area contributed by atoms with Crippen LogP contribution in [-0.2, 0) is 4.74 Å². The Bertz CT molecular complexity index is 745. The minimum atomic E-state index is -0.0795. The minimum Gasteiger partial charge on any atom is -0.378 e. The van der Waals surface area contributed by atoms with Gasteiger partial charge >= 0.3 is 0 Å². The fourth-order valence-corrected chi connectivity index (χ4v) is 3.14. The molecule has 0 saturated carbocycles. The number of allylic oxidation sites excluding steroid dienone is 1. The van der Waals surface area contributed by atoms with Crippen molar-refractivity contribution >= 4 is 17.2 Å². The van der Waals surface area contributed by atoms with Crippen molar-refractivity contribution in [3.05, 3.63) is 71.3 Å². The number of benzene rings is 2. The van der Waals surface area contributed by atoms with Crippen LogP contribution in [0.4, 0.5) is 5.69 Å². The highest BCUT2D eigenvalue weighted by atomic mass is 16.5. The summed E-state index contributed by atoms with van der Waals surface area (Å²) in [6.07, 6.45) is 5.74. The van der Waals surface area contributed by atoms with Crippen LogP contribution in [0.25, 0.3) is 5.57 Å². The monoisotopic (exact) mass is 335 g/mol. The summed E-state index contributed by atoms with van der Waals surface area (Å²) in [4.78, 5) is 12.3. The number of ether oxygens (including phenoxy) is 1. The number of anilines is 1. The Morgan fingerprint density at radius 3 is 2.44 bits per heavy atom. The summed E-state index contributed by atoms with van der Waals surface area (Å²) in [5.41, 5.74) is 5.23. The van der Waals surface area contributed by atoms with Crippen LogP contribution in [0.2, 0.25) is 0 Å². The molecule has 0 radical (unpaired) electrons. The maximum atomic E-state index is 12.3. The average Bonchev–Trinajstić information content (AvgIpc) is 2.64. The van der Waals surface area contributed by atoms with E-state index in [0.717, 1.165) is 37.1 Å². The van der Waals surface area contributed by atoms with Crippen LogP contribution in [0.5, 0.6) is 0 Å². The van der Waals surface area contributed by atoms with Crippen LogP contribution in [-0.4, -0.2) is 18.6 Å². The molecule has 0 bridgehead atoms. The summed E-state index contributed by atoms with van der Waals surface area (Å²) in [5, 5.41) is 2.95. The zero-order valence-electron chi connectivity index (χ0n) is 14.9. The molecule has 1 aliphatic rings. The van der Waals surface area contributed by atoms with E-state index in [4.69, 9.17) is 4.74 Å². The second kappa shape index (κ2) is 8.13. The lowest BCUT2D eigenvalue weighted by molar-refractivity contribution is 0.0579. The molecular weight excluding hydrogens is 310 g/mol. The Hall–Kier alpha value is -2.39. The van der Waals surface area contributed by atoms with Crippen molar-refractivity contribution < 1.29 is 9.53 Å². The van der Waals surface area contributed by atoms with Crippen LogP contribution < -0.4 is 5.32 Å². The Kier molecular flexibility index (Phi) is 5.67. The molecule has 3 nitrogen and oxygen atoms in total. The summed E-state index contributed by atoms with van der Waals surface area (Å²) < 4.78 is 5.69. The molecule has 0 aromatic heterocycles. The first-order valence-electron chi connectivity index (χ1n) is 8.95. The number of rotatable bonds is 5. The van der Waals surface area contributed by atoms with Gasteiger partial charge in [0, 0.05) is 17.9 Å². The van der Waals surface area contributed by atoms with Crippen LogP contribution in [0.1, 0.15) is 47.7 Å². The summed E-state index contributed by atoms with van der Waals surface area (Å²) in [5.74, 6) is -0.0795. The minimum absolute atomic E-state index is 0.0795. The predicted octanol–water partition coefficient (Wildman–Crippen LogP) is 5.22. The molecule has 1 amide bonds. The fraction of sp³-hybridized carbons (Fsp3) is 0.318. The molecule has 0 fully saturated rings. The first kappa shape index (κ1) is 17.4. The van der Waals surface area contributed by atoms with Crippen molar-refractivity contribution in [2.24, 2.45) is 0 Å². The van der Waals surface area contributed by atoms with Gasteiger partial charge in [0.25, 0.3) is 5.91 Å². The molecular formula is C22H25NO2. The van der Waals surface area contributed by atoms with E-state index in [1.807, 2.05) is 50.2 Å². The van der Waals surface area contributed by atoms with Crippen molar-refractivity contribution in [3.8, 4) is 0 Å². The van der Waals surface area contributed by atoms with E-state index in [0.29, 0.717) is 11.7 Å². The Labute approximate surface area is 149 Å². The van der Waals surface area contributed by atoms with Gasteiger partial charge in [-0.1, -0.05) is 35.9 Å². The first-order valence-corrected chi connectivity index (χ1v) is 8.95. The van der Waals surface area contributed by atoms with Crippen LogP contribution in [0.15, 0.2) is 54.6 Å². The van der Waals surface area contributed by atoms with Crippen molar-refractivity contribution in [1.29, 1.82) is 0 Å². The average molecular weight is 335 g/mol. The molecule has 130 valence electrons. The highest BCUT2D eigenvalue weighted by Gasteiger charge is 2.15. The molecule has 3 heteroatoms. The van der Waals surface area contributed by atoms with Crippen molar-refractivity contribution in [1.82, 2.24) is 0 Å². The van der Waals surface area contributed by atoms with E-state index < -0.39 is 0 Å². The molecule has 2 aromatic carbocycles. The van der Waals surface area contributed by atoms with Gasteiger partial charge in [-0.15, -0.1) is 0 Å². The lowest BCUT2D eigenvalue weighted by Crippen LogP contribution is -2.15. The van der Waals surface area contributed by atoms with E-state index in [1.165, 1.54) is 11.1 Å². The third kappa shape index (κ3) is 4.58. The SMILES string of the molecule is CCOC1CC=C(c2ccc(NC(=O)c3ccc(C)cc3)cc2)CC1. The molecule has 1 atom stereocenters. The number of amides is 1. The molecule has 0 heterocycles. The van der Waals surface area contributed by atoms with E-state index in [-0.39, 0.29) is 5.91 Å². The van der Waals surface area contributed by atoms with E-state index >= 15 is 0 Å². The van der Waals surface area contributed by atoms with Crippen LogP contribution in [0.3, 0.4) is 0 Å². The molecule has 0 saturated heterocycles. The first-order chi connectivity index (χ1) is 12.2. The lowest BCUT2D eigenvalue weighted by Gasteiger charge is -2.22. The third-order valence-corrected chi connectivity index (χ3v) is 4.59. The molecule has 25 heavy (non-hydrogen) atoms. The maximum absolute atomic E-state index is 12.3. The lowest BCUT2D eigenvalue weighted by atomic mass is 9.92.